The van der Waals surface area contributed by atoms with E-state index in [2.05, 4.69) is 37.8 Å². The molecule has 0 aliphatic heterocycles. The molecule has 1 fully saturated rings. The molecule has 4 unspecified atom stereocenters. The minimum atomic E-state index is 0.326. The Balaban J connectivity index is 2.49. The predicted molar refractivity (Wildman–Crippen MR) is 86.9 cm³/mol. The molecule has 0 aromatic carbocycles. The average Bonchev–Trinajstić information content (AvgIpc) is 2.38. The highest BCUT2D eigenvalue weighted by molar-refractivity contribution is 8.00. The van der Waals surface area contributed by atoms with E-state index in [-0.39, 0.29) is 0 Å². The molecule has 4 atom stereocenters. The third-order valence-corrected chi connectivity index (χ3v) is 5.77. The standard InChI is InChI=1S/C16H33NOS/c1-4-6-14-7-8-15(17-10-5-2)16(12-14)19-13(3)9-11-18/h13-18H,4-12H2,1-3H3. The zero-order chi connectivity index (χ0) is 14.1. The molecule has 0 saturated heterocycles. The topological polar surface area (TPSA) is 32.3 Å². The van der Waals surface area contributed by atoms with Gasteiger partial charge in [0.25, 0.3) is 0 Å². The maximum absolute atomic E-state index is 9.08. The van der Waals surface area contributed by atoms with Crippen molar-refractivity contribution in [1.82, 2.24) is 5.32 Å². The summed E-state index contributed by atoms with van der Waals surface area (Å²) >= 11 is 2.11. The number of rotatable bonds is 9. The molecule has 114 valence electrons. The maximum Gasteiger partial charge on any atom is 0.0441 e. The fraction of sp³-hybridized carbons (Fsp3) is 1.00. The predicted octanol–water partition coefficient (Wildman–Crippen LogP) is 3.83. The number of thioether (sulfide) groups is 1. The van der Waals surface area contributed by atoms with Gasteiger partial charge in [0, 0.05) is 23.1 Å². The third-order valence-electron chi connectivity index (χ3n) is 4.20. The Morgan fingerprint density at radius 1 is 1.26 bits per heavy atom. The van der Waals surface area contributed by atoms with Crippen molar-refractivity contribution in [2.24, 2.45) is 5.92 Å². The molecule has 0 spiro atoms. The molecule has 1 rings (SSSR count). The summed E-state index contributed by atoms with van der Waals surface area (Å²) in [7, 11) is 0. The van der Waals surface area contributed by atoms with E-state index in [0.29, 0.717) is 17.9 Å². The van der Waals surface area contributed by atoms with Gasteiger partial charge in [0.1, 0.15) is 0 Å². The molecule has 2 N–H and O–H groups in total. The Hall–Kier alpha value is 0.270. The lowest BCUT2D eigenvalue weighted by atomic mass is 9.83. The molecule has 0 radical (unpaired) electrons. The Morgan fingerprint density at radius 2 is 2.05 bits per heavy atom. The van der Waals surface area contributed by atoms with E-state index >= 15 is 0 Å². The van der Waals surface area contributed by atoms with Gasteiger partial charge in [-0.15, -0.1) is 0 Å². The first-order valence-electron chi connectivity index (χ1n) is 8.20. The van der Waals surface area contributed by atoms with Crippen LogP contribution in [0, 0.1) is 5.92 Å². The van der Waals surface area contributed by atoms with Crippen LogP contribution in [0.15, 0.2) is 0 Å². The van der Waals surface area contributed by atoms with Crippen LogP contribution in [0.2, 0.25) is 0 Å². The van der Waals surface area contributed by atoms with Gasteiger partial charge in [0.2, 0.25) is 0 Å². The fourth-order valence-electron chi connectivity index (χ4n) is 3.14. The van der Waals surface area contributed by atoms with Crippen LogP contribution in [-0.4, -0.2) is 34.8 Å². The van der Waals surface area contributed by atoms with Crippen LogP contribution in [-0.2, 0) is 0 Å². The highest BCUT2D eigenvalue weighted by Crippen LogP contribution is 2.37. The first-order chi connectivity index (χ1) is 9.21. The molecule has 3 heteroatoms. The van der Waals surface area contributed by atoms with Crippen molar-refractivity contribution in [3.05, 3.63) is 0 Å². The van der Waals surface area contributed by atoms with Gasteiger partial charge in [-0.25, -0.2) is 0 Å². The van der Waals surface area contributed by atoms with E-state index in [4.69, 9.17) is 5.11 Å². The van der Waals surface area contributed by atoms with E-state index < -0.39 is 0 Å². The van der Waals surface area contributed by atoms with Gasteiger partial charge >= 0.3 is 0 Å². The molecule has 2 nitrogen and oxygen atoms in total. The first kappa shape index (κ1) is 17.3. The highest BCUT2D eigenvalue weighted by Gasteiger charge is 2.31. The molecule has 0 heterocycles. The van der Waals surface area contributed by atoms with Crippen LogP contribution in [0.3, 0.4) is 0 Å². The summed E-state index contributed by atoms with van der Waals surface area (Å²) in [6, 6.07) is 0.694. The lowest BCUT2D eigenvalue weighted by Crippen LogP contribution is -2.43. The Bertz CT molecular complexity index is 223. The van der Waals surface area contributed by atoms with Crippen molar-refractivity contribution in [3.8, 4) is 0 Å². The Labute approximate surface area is 124 Å². The Morgan fingerprint density at radius 3 is 2.68 bits per heavy atom. The molecule has 1 saturated carbocycles. The lowest BCUT2D eigenvalue weighted by molar-refractivity contribution is 0.282. The number of nitrogens with one attached hydrogen (secondary N) is 1. The Kier molecular flexibility index (Phi) is 9.17. The molecule has 0 aromatic rings. The minimum absolute atomic E-state index is 0.326. The summed E-state index contributed by atoms with van der Waals surface area (Å²) in [5.74, 6) is 0.934. The lowest BCUT2D eigenvalue weighted by Gasteiger charge is -2.37. The van der Waals surface area contributed by atoms with Crippen LogP contribution >= 0.6 is 11.8 Å². The average molecular weight is 288 g/mol. The largest absolute Gasteiger partial charge is 0.396 e. The fourth-order valence-corrected chi connectivity index (χ4v) is 4.79. The second-order valence-corrected chi connectivity index (χ2v) is 7.71. The van der Waals surface area contributed by atoms with Gasteiger partial charge in [-0.3, -0.25) is 0 Å². The first-order valence-corrected chi connectivity index (χ1v) is 9.15. The second-order valence-electron chi connectivity index (χ2n) is 6.03. The maximum atomic E-state index is 9.08. The minimum Gasteiger partial charge on any atom is -0.396 e. The van der Waals surface area contributed by atoms with Crippen molar-refractivity contribution in [2.75, 3.05) is 13.2 Å². The van der Waals surface area contributed by atoms with Gasteiger partial charge in [-0.05, 0) is 44.6 Å². The molecule has 0 aromatic heterocycles. The van der Waals surface area contributed by atoms with E-state index in [1.807, 2.05) is 0 Å². The molecule has 0 amide bonds. The van der Waals surface area contributed by atoms with Crippen LogP contribution in [0.25, 0.3) is 0 Å². The molecule has 1 aliphatic carbocycles. The highest BCUT2D eigenvalue weighted by atomic mass is 32.2. The van der Waals surface area contributed by atoms with Crippen LogP contribution < -0.4 is 5.32 Å². The summed E-state index contributed by atoms with van der Waals surface area (Å²) in [6.07, 6.45) is 8.98. The smallest absolute Gasteiger partial charge is 0.0441 e. The number of aliphatic hydroxyl groups is 1. The van der Waals surface area contributed by atoms with Crippen molar-refractivity contribution >= 4 is 11.8 Å². The SMILES string of the molecule is CCCNC1CCC(CCC)CC1SC(C)CCO. The molecule has 1 aliphatic rings. The van der Waals surface area contributed by atoms with E-state index in [1.165, 1.54) is 38.5 Å². The van der Waals surface area contributed by atoms with Crippen molar-refractivity contribution in [2.45, 2.75) is 82.3 Å². The van der Waals surface area contributed by atoms with Crippen LogP contribution in [0.4, 0.5) is 0 Å². The molecule has 19 heavy (non-hydrogen) atoms. The summed E-state index contributed by atoms with van der Waals surface area (Å²) in [5.41, 5.74) is 0. The van der Waals surface area contributed by atoms with Crippen LogP contribution in [0.5, 0.6) is 0 Å². The summed E-state index contributed by atoms with van der Waals surface area (Å²) in [6.45, 7) is 8.28. The van der Waals surface area contributed by atoms with Gasteiger partial charge in [-0.2, -0.15) is 11.8 Å². The third kappa shape index (κ3) is 6.50. The normalized spacial score (nSPS) is 29.4. The number of hydrogen-bond donors (Lipinski definition) is 2. The summed E-state index contributed by atoms with van der Waals surface area (Å²) < 4.78 is 0. The van der Waals surface area contributed by atoms with Crippen molar-refractivity contribution < 1.29 is 5.11 Å². The molecule has 0 bridgehead atoms. The summed E-state index contributed by atoms with van der Waals surface area (Å²) in [4.78, 5) is 0. The van der Waals surface area contributed by atoms with Crippen molar-refractivity contribution in [1.29, 1.82) is 0 Å². The van der Waals surface area contributed by atoms with Gasteiger partial charge in [-0.1, -0.05) is 33.6 Å². The second kappa shape index (κ2) is 10.1. The monoisotopic (exact) mass is 287 g/mol. The quantitative estimate of drug-likeness (QED) is 0.676. The zero-order valence-electron chi connectivity index (χ0n) is 13.0. The van der Waals surface area contributed by atoms with Crippen molar-refractivity contribution in [3.63, 3.8) is 0 Å². The number of hydrogen-bond acceptors (Lipinski definition) is 3. The molecular formula is C16H33NOS. The van der Waals surface area contributed by atoms with Gasteiger partial charge in [0.15, 0.2) is 0 Å². The van der Waals surface area contributed by atoms with E-state index in [0.717, 1.165) is 24.1 Å². The number of aliphatic hydroxyl groups excluding tert-OH is 1. The van der Waals surface area contributed by atoms with E-state index in [9.17, 15) is 0 Å². The van der Waals surface area contributed by atoms with Crippen LogP contribution in [0.1, 0.15) is 65.7 Å². The van der Waals surface area contributed by atoms with Gasteiger partial charge in [0.05, 0.1) is 0 Å². The van der Waals surface area contributed by atoms with E-state index in [1.54, 1.807) is 0 Å². The zero-order valence-corrected chi connectivity index (χ0v) is 13.8. The van der Waals surface area contributed by atoms with Gasteiger partial charge < -0.3 is 10.4 Å². The molecular weight excluding hydrogens is 254 g/mol. The summed E-state index contributed by atoms with van der Waals surface area (Å²) in [5, 5.41) is 14.2.